The highest BCUT2D eigenvalue weighted by Crippen LogP contribution is 2.26. The van der Waals surface area contributed by atoms with E-state index in [0.717, 1.165) is 61.6 Å². The van der Waals surface area contributed by atoms with Gasteiger partial charge >= 0.3 is 0 Å². The average Bonchev–Trinajstić information content (AvgIpc) is 3.30. The van der Waals surface area contributed by atoms with Gasteiger partial charge in [0.25, 0.3) is 0 Å². The van der Waals surface area contributed by atoms with E-state index in [1.54, 1.807) is 6.33 Å². The Morgan fingerprint density at radius 3 is 3.16 bits per heavy atom. The van der Waals surface area contributed by atoms with Gasteiger partial charge in [-0.1, -0.05) is 12.1 Å². The zero-order valence-corrected chi connectivity index (χ0v) is 14.6. The number of nitrogens with zero attached hydrogens (tertiary/aromatic N) is 6. The highest BCUT2D eigenvalue weighted by Gasteiger charge is 2.26. The van der Waals surface area contributed by atoms with Gasteiger partial charge in [-0.05, 0) is 25.5 Å². The van der Waals surface area contributed by atoms with Crippen molar-refractivity contribution in [3.8, 4) is 0 Å². The number of rotatable bonds is 5. The molecule has 3 aromatic heterocycles. The molecule has 4 rings (SSSR count). The third-order valence-corrected chi connectivity index (χ3v) is 4.87. The molecule has 8 heteroatoms. The Bertz CT molecular complexity index is 842. The maximum atomic E-state index is 5.22. The summed E-state index contributed by atoms with van der Waals surface area (Å²) in [7, 11) is 2.12. The predicted molar refractivity (Wildman–Crippen MR) is 94.3 cm³/mol. The van der Waals surface area contributed by atoms with Gasteiger partial charge in [0.05, 0.1) is 11.9 Å². The Labute approximate surface area is 146 Å². The monoisotopic (exact) mass is 341 g/mol. The Morgan fingerprint density at radius 1 is 1.40 bits per heavy atom. The summed E-state index contributed by atoms with van der Waals surface area (Å²) in [4.78, 5) is 21.0. The van der Waals surface area contributed by atoms with E-state index in [1.165, 1.54) is 0 Å². The minimum Gasteiger partial charge on any atom is -0.355 e. The van der Waals surface area contributed by atoms with E-state index < -0.39 is 0 Å². The van der Waals surface area contributed by atoms with Gasteiger partial charge in [0, 0.05) is 32.3 Å². The summed E-state index contributed by atoms with van der Waals surface area (Å²) in [6.45, 7) is 4.77. The first-order valence-electron chi connectivity index (χ1n) is 8.79. The van der Waals surface area contributed by atoms with Crippen molar-refractivity contribution in [1.82, 2.24) is 30.0 Å². The second kappa shape index (κ2) is 6.79. The van der Waals surface area contributed by atoms with Crippen LogP contribution in [0.5, 0.6) is 0 Å². The highest BCUT2D eigenvalue weighted by molar-refractivity contribution is 5.87. The summed E-state index contributed by atoms with van der Waals surface area (Å²) in [5, 5.41) is 5.14. The number of fused-ring (bicyclic) bond motifs is 1. The van der Waals surface area contributed by atoms with E-state index in [-0.39, 0.29) is 0 Å². The molecule has 0 saturated carbocycles. The van der Waals surface area contributed by atoms with Crippen LogP contribution in [0.25, 0.3) is 11.0 Å². The second-order valence-electron chi connectivity index (χ2n) is 6.54. The molecular formula is C17H23N7O. The summed E-state index contributed by atoms with van der Waals surface area (Å²) in [6.07, 6.45) is 6.60. The largest absolute Gasteiger partial charge is 0.355 e. The van der Waals surface area contributed by atoms with Crippen molar-refractivity contribution in [3.05, 3.63) is 30.3 Å². The van der Waals surface area contributed by atoms with Gasteiger partial charge in [-0.25, -0.2) is 9.97 Å². The molecule has 1 N–H and O–H groups in total. The zero-order chi connectivity index (χ0) is 17.2. The highest BCUT2D eigenvalue weighted by atomic mass is 16.5. The molecule has 0 aromatic carbocycles. The maximum Gasteiger partial charge on any atom is 0.226 e. The van der Waals surface area contributed by atoms with Crippen molar-refractivity contribution in [2.45, 2.75) is 38.8 Å². The van der Waals surface area contributed by atoms with Crippen LogP contribution >= 0.6 is 0 Å². The molecule has 1 aliphatic rings. The number of hydrogen-bond acceptors (Lipinski definition) is 7. The van der Waals surface area contributed by atoms with Crippen molar-refractivity contribution in [3.63, 3.8) is 0 Å². The first kappa shape index (κ1) is 16.0. The Balaban J connectivity index is 1.47. The summed E-state index contributed by atoms with van der Waals surface area (Å²) in [5.74, 6) is 2.46. The van der Waals surface area contributed by atoms with Crippen LogP contribution in [0.3, 0.4) is 0 Å². The zero-order valence-electron chi connectivity index (χ0n) is 14.6. The molecule has 1 aliphatic heterocycles. The normalized spacial score (nSPS) is 18.7. The number of nitrogens with one attached hydrogen (secondary N) is 1. The van der Waals surface area contributed by atoms with Crippen LogP contribution in [0.4, 0.5) is 5.82 Å². The van der Waals surface area contributed by atoms with Gasteiger partial charge in [0.2, 0.25) is 5.89 Å². The predicted octanol–water partition coefficient (Wildman–Crippen LogP) is 2.00. The van der Waals surface area contributed by atoms with Crippen LogP contribution in [0.1, 0.15) is 31.5 Å². The fraction of sp³-hybridized carbons (Fsp3) is 0.529. The summed E-state index contributed by atoms with van der Waals surface area (Å²) < 4.78 is 5.22. The number of piperidine rings is 1. The molecule has 0 amide bonds. The SMILES string of the molecule is CCc1nc(CN2CCC[C@@H](N(C)c3ncnc4[nH]ccc34)C2)no1. The molecule has 1 atom stereocenters. The number of anilines is 1. The molecule has 0 aliphatic carbocycles. The first-order valence-corrected chi connectivity index (χ1v) is 8.79. The Morgan fingerprint density at radius 2 is 2.32 bits per heavy atom. The van der Waals surface area contributed by atoms with E-state index in [4.69, 9.17) is 4.52 Å². The second-order valence-corrected chi connectivity index (χ2v) is 6.54. The van der Waals surface area contributed by atoms with E-state index >= 15 is 0 Å². The molecule has 25 heavy (non-hydrogen) atoms. The molecule has 1 fully saturated rings. The summed E-state index contributed by atoms with van der Waals surface area (Å²) in [6, 6.07) is 2.44. The number of H-pyrrole nitrogens is 1. The van der Waals surface area contributed by atoms with Gasteiger partial charge in [0.1, 0.15) is 17.8 Å². The van der Waals surface area contributed by atoms with Crippen LogP contribution in [0.2, 0.25) is 0 Å². The number of hydrogen-bond donors (Lipinski definition) is 1. The summed E-state index contributed by atoms with van der Waals surface area (Å²) >= 11 is 0. The van der Waals surface area contributed by atoms with E-state index in [1.807, 2.05) is 19.2 Å². The van der Waals surface area contributed by atoms with E-state index in [2.05, 4.69) is 41.9 Å². The number of aromatic nitrogens is 5. The van der Waals surface area contributed by atoms with Crippen LogP contribution < -0.4 is 4.90 Å². The van der Waals surface area contributed by atoms with Crippen LogP contribution in [0.15, 0.2) is 23.1 Å². The number of aromatic amines is 1. The standard InChI is InChI=1S/C17H23N7O/c1-3-15-21-14(22-25-15)10-24-8-4-5-12(9-24)23(2)17-13-6-7-18-16(13)19-11-20-17/h6-7,11-12H,3-5,8-10H2,1-2H3,(H,18,19,20)/t12-/m1/s1. The van der Waals surface area contributed by atoms with Crippen LogP contribution in [-0.4, -0.2) is 56.2 Å². The fourth-order valence-corrected chi connectivity index (χ4v) is 3.50. The molecule has 0 bridgehead atoms. The van der Waals surface area contributed by atoms with Gasteiger partial charge in [0.15, 0.2) is 5.82 Å². The van der Waals surface area contributed by atoms with E-state index in [0.29, 0.717) is 11.9 Å². The number of likely N-dealkylation sites (N-methyl/N-ethyl adjacent to an activating group) is 1. The molecular weight excluding hydrogens is 318 g/mol. The third kappa shape index (κ3) is 3.21. The lowest BCUT2D eigenvalue weighted by Crippen LogP contribution is -2.46. The topological polar surface area (TPSA) is 87.0 Å². The maximum absolute atomic E-state index is 5.22. The van der Waals surface area contributed by atoms with Gasteiger partial charge in [-0.15, -0.1) is 0 Å². The summed E-state index contributed by atoms with van der Waals surface area (Å²) in [5.41, 5.74) is 0.878. The van der Waals surface area contributed by atoms with Crippen molar-refractivity contribution in [1.29, 1.82) is 0 Å². The molecule has 132 valence electrons. The number of aryl methyl sites for hydroxylation is 1. The Hall–Kier alpha value is -2.48. The van der Waals surface area contributed by atoms with Crippen LogP contribution in [-0.2, 0) is 13.0 Å². The molecule has 8 nitrogen and oxygen atoms in total. The quantitative estimate of drug-likeness (QED) is 0.759. The lowest BCUT2D eigenvalue weighted by molar-refractivity contribution is 0.192. The van der Waals surface area contributed by atoms with Crippen molar-refractivity contribution >= 4 is 16.9 Å². The molecule has 3 aromatic rings. The first-order chi connectivity index (χ1) is 12.2. The number of likely N-dealkylation sites (tertiary alicyclic amines) is 1. The Kier molecular flexibility index (Phi) is 4.35. The van der Waals surface area contributed by atoms with Crippen molar-refractivity contribution in [2.75, 3.05) is 25.0 Å². The minimum absolute atomic E-state index is 0.402. The average molecular weight is 341 g/mol. The molecule has 0 radical (unpaired) electrons. The van der Waals surface area contributed by atoms with E-state index in [9.17, 15) is 0 Å². The van der Waals surface area contributed by atoms with Crippen LogP contribution in [0, 0.1) is 0 Å². The molecule has 0 spiro atoms. The lowest BCUT2D eigenvalue weighted by atomic mass is 10.0. The molecule has 4 heterocycles. The van der Waals surface area contributed by atoms with Gasteiger partial charge in [-0.3, -0.25) is 4.90 Å². The van der Waals surface area contributed by atoms with Gasteiger partial charge < -0.3 is 14.4 Å². The smallest absolute Gasteiger partial charge is 0.226 e. The van der Waals surface area contributed by atoms with Gasteiger partial charge in [-0.2, -0.15) is 4.98 Å². The lowest BCUT2D eigenvalue weighted by Gasteiger charge is -2.37. The molecule has 0 unspecified atom stereocenters. The van der Waals surface area contributed by atoms with Crippen molar-refractivity contribution in [2.24, 2.45) is 0 Å². The third-order valence-electron chi connectivity index (χ3n) is 4.87. The van der Waals surface area contributed by atoms with Crippen molar-refractivity contribution < 1.29 is 4.52 Å². The minimum atomic E-state index is 0.402. The molecule has 1 saturated heterocycles. The fourth-order valence-electron chi connectivity index (χ4n) is 3.50.